The second-order valence-corrected chi connectivity index (χ2v) is 5.62. The van der Waals surface area contributed by atoms with E-state index < -0.39 is 20.0 Å². The molecule has 1 fully saturated rings. The largest absolute Gasteiger partial charge is 0.475 e. The lowest BCUT2D eigenvalue weighted by molar-refractivity contribution is -0.0203. The van der Waals surface area contributed by atoms with Gasteiger partial charge in [-0.15, -0.1) is 0 Å². The van der Waals surface area contributed by atoms with E-state index in [9.17, 15) is 4.57 Å². The molecule has 0 bridgehead atoms. The van der Waals surface area contributed by atoms with Gasteiger partial charge in [0.25, 0.3) is 0 Å². The van der Waals surface area contributed by atoms with Crippen molar-refractivity contribution in [1.82, 2.24) is 0 Å². The topological polar surface area (TPSA) is 78.6 Å². The average molecular weight is 279 g/mol. The normalized spacial score (nSPS) is 30.9. The second kappa shape index (κ2) is 7.19. The van der Waals surface area contributed by atoms with Crippen LogP contribution in [-0.4, -0.2) is 50.3 Å². The van der Waals surface area contributed by atoms with E-state index in [1.807, 2.05) is 6.92 Å². The fourth-order valence-corrected chi connectivity index (χ4v) is 2.79. The summed E-state index contributed by atoms with van der Waals surface area (Å²) in [5.41, 5.74) is 0. The van der Waals surface area contributed by atoms with Gasteiger partial charge in [0.15, 0.2) is 0 Å². The van der Waals surface area contributed by atoms with Gasteiger partial charge >= 0.3 is 7.82 Å². The first kappa shape index (κ1) is 15.6. The fourth-order valence-electron chi connectivity index (χ4n) is 1.68. The van der Waals surface area contributed by atoms with Crippen LogP contribution >= 0.6 is 7.82 Å². The first-order valence-electron chi connectivity index (χ1n) is 5.63. The Labute approximate surface area is 106 Å². The van der Waals surface area contributed by atoms with Gasteiger partial charge in [0.05, 0.1) is 12.7 Å². The van der Waals surface area contributed by atoms with Crippen molar-refractivity contribution < 1.29 is 28.0 Å². The number of phosphoric ester groups is 1. The lowest BCUT2D eigenvalue weighted by Gasteiger charge is -2.21. The zero-order chi connectivity index (χ0) is 13.6. The van der Waals surface area contributed by atoms with Gasteiger partial charge in [-0.3, -0.25) is 13.6 Å². The smallest absolute Gasteiger partial charge is 0.394 e. The molecule has 0 aliphatic carbocycles. The Kier molecular flexibility index (Phi) is 6.22. The minimum Gasteiger partial charge on any atom is -0.394 e. The Balaban J connectivity index is 2.56. The van der Waals surface area contributed by atoms with Crippen molar-refractivity contribution in [1.29, 1.82) is 0 Å². The third kappa shape index (κ3) is 4.32. The number of aliphatic hydroxyl groups excluding tert-OH is 1. The first-order valence-corrected chi connectivity index (χ1v) is 7.09. The lowest BCUT2D eigenvalue weighted by atomic mass is 10.1. The maximum Gasteiger partial charge on any atom is 0.475 e. The lowest BCUT2D eigenvalue weighted by Crippen LogP contribution is -2.27. The summed E-state index contributed by atoms with van der Waals surface area (Å²) in [5, 5.41) is 9.12. The van der Waals surface area contributed by atoms with Gasteiger partial charge in [-0.25, -0.2) is 11.1 Å². The molecule has 1 heterocycles. The molecule has 1 aliphatic rings. The highest BCUT2D eigenvalue weighted by Gasteiger charge is 2.40. The first-order chi connectivity index (χ1) is 8.54. The zero-order valence-corrected chi connectivity index (χ0v) is 11.3. The third-order valence-corrected chi connectivity index (χ3v) is 3.98. The molecule has 0 amide bonds. The van der Waals surface area contributed by atoms with Gasteiger partial charge in [-0.05, 0) is 6.92 Å². The van der Waals surface area contributed by atoms with E-state index in [0.717, 1.165) is 0 Å². The van der Waals surface area contributed by atoms with Crippen molar-refractivity contribution >= 4 is 7.82 Å². The van der Waals surface area contributed by atoms with Crippen LogP contribution in [0.2, 0.25) is 0 Å². The van der Waals surface area contributed by atoms with Crippen molar-refractivity contribution in [3.8, 4) is 0 Å². The van der Waals surface area contributed by atoms with Crippen molar-refractivity contribution in [2.45, 2.75) is 31.7 Å². The summed E-state index contributed by atoms with van der Waals surface area (Å²) >= 11 is 0. The molecule has 7 nitrogen and oxygen atoms in total. The van der Waals surface area contributed by atoms with Gasteiger partial charge in [0.1, 0.15) is 18.8 Å². The Hall–Kier alpha value is -0.480. The van der Waals surface area contributed by atoms with Crippen LogP contribution in [0.5, 0.6) is 0 Å². The molecule has 104 valence electrons. The predicted octanol–water partition coefficient (Wildman–Crippen LogP) is 1.23. The van der Waals surface area contributed by atoms with Gasteiger partial charge in [0, 0.05) is 13.5 Å². The molecule has 18 heavy (non-hydrogen) atoms. The molecule has 0 spiro atoms. The molecule has 0 aromatic heterocycles. The van der Waals surface area contributed by atoms with Gasteiger partial charge in [0.2, 0.25) is 6.54 Å². The standard InChI is InChI=1S/C10H18NO6P/c1-8-6-9(10(7-12)16-8)17-18(13,14-3)15-5-4-11-2/h8-10,12H,4-7H2,1,3H3. The molecule has 1 N–H and O–H groups in total. The Morgan fingerprint density at radius 3 is 2.89 bits per heavy atom. The van der Waals surface area contributed by atoms with Gasteiger partial charge in [-0.1, -0.05) is 0 Å². The van der Waals surface area contributed by atoms with Crippen LogP contribution in [0, 0.1) is 6.57 Å². The molecule has 1 aliphatic heterocycles. The van der Waals surface area contributed by atoms with E-state index in [-0.39, 0.29) is 25.9 Å². The minimum absolute atomic E-state index is 0.0262. The summed E-state index contributed by atoms with van der Waals surface area (Å²) in [6.07, 6.45) is -0.651. The Morgan fingerprint density at radius 2 is 2.33 bits per heavy atom. The van der Waals surface area contributed by atoms with Crippen LogP contribution in [0.1, 0.15) is 13.3 Å². The second-order valence-electron chi connectivity index (χ2n) is 3.89. The highest BCUT2D eigenvalue weighted by molar-refractivity contribution is 7.48. The summed E-state index contributed by atoms with van der Waals surface area (Å²) < 4.78 is 32.5. The van der Waals surface area contributed by atoms with Crippen molar-refractivity contribution in [3.63, 3.8) is 0 Å². The van der Waals surface area contributed by atoms with Crippen LogP contribution in [0.3, 0.4) is 0 Å². The molecule has 1 rings (SSSR count). The van der Waals surface area contributed by atoms with E-state index in [2.05, 4.69) is 4.85 Å². The summed E-state index contributed by atoms with van der Waals surface area (Å²) in [6.45, 7) is 8.27. The zero-order valence-electron chi connectivity index (χ0n) is 10.4. The number of ether oxygens (including phenoxy) is 1. The van der Waals surface area contributed by atoms with Crippen molar-refractivity contribution in [2.24, 2.45) is 0 Å². The predicted molar refractivity (Wildman–Crippen MR) is 62.9 cm³/mol. The Morgan fingerprint density at radius 1 is 1.61 bits per heavy atom. The Bertz CT molecular complexity index is 344. The highest BCUT2D eigenvalue weighted by atomic mass is 31.2. The summed E-state index contributed by atoms with van der Waals surface area (Å²) in [6, 6.07) is 0. The van der Waals surface area contributed by atoms with Gasteiger partial charge in [-0.2, -0.15) is 0 Å². The van der Waals surface area contributed by atoms with E-state index >= 15 is 0 Å². The van der Waals surface area contributed by atoms with E-state index in [1.165, 1.54) is 7.11 Å². The quantitative estimate of drug-likeness (QED) is 0.429. The van der Waals surface area contributed by atoms with E-state index in [1.54, 1.807) is 0 Å². The number of phosphoric acid groups is 1. The van der Waals surface area contributed by atoms with Crippen molar-refractivity contribution in [2.75, 3.05) is 26.9 Å². The minimum atomic E-state index is -3.69. The molecule has 0 aromatic rings. The van der Waals surface area contributed by atoms with Crippen molar-refractivity contribution in [3.05, 3.63) is 11.4 Å². The molecule has 4 unspecified atom stereocenters. The number of nitrogens with zero attached hydrogens (tertiary/aromatic N) is 1. The summed E-state index contributed by atoms with van der Waals surface area (Å²) in [4.78, 5) is 3.08. The maximum atomic E-state index is 12.1. The van der Waals surface area contributed by atoms with Crippen LogP contribution in [0.4, 0.5) is 0 Å². The van der Waals surface area contributed by atoms with Crippen LogP contribution in [-0.2, 0) is 22.9 Å². The number of aliphatic hydroxyl groups is 1. The molecule has 8 heteroatoms. The number of rotatable bonds is 7. The average Bonchev–Trinajstić information content (AvgIpc) is 2.69. The highest BCUT2D eigenvalue weighted by Crippen LogP contribution is 2.51. The molecule has 4 atom stereocenters. The van der Waals surface area contributed by atoms with Crippen LogP contribution in [0.15, 0.2) is 0 Å². The van der Waals surface area contributed by atoms with Crippen LogP contribution in [0.25, 0.3) is 4.85 Å². The molecular formula is C10H18NO6P. The number of hydrogen-bond donors (Lipinski definition) is 1. The molecule has 0 saturated carbocycles. The van der Waals surface area contributed by atoms with Crippen LogP contribution < -0.4 is 0 Å². The fraction of sp³-hybridized carbons (Fsp3) is 0.900. The molecule has 1 saturated heterocycles. The van der Waals surface area contributed by atoms with E-state index in [0.29, 0.717) is 6.42 Å². The monoisotopic (exact) mass is 279 g/mol. The molecule has 0 aromatic carbocycles. The maximum absolute atomic E-state index is 12.1. The SMILES string of the molecule is [C-]#[N+]CCOP(=O)(OC)OC1CC(C)OC1CO. The molecule has 0 radical (unpaired) electrons. The third-order valence-electron chi connectivity index (χ3n) is 2.51. The number of hydrogen-bond acceptors (Lipinski definition) is 6. The molecular weight excluding hydrogens is 261 g/mol. The van der Waals surface area contributed by atoms with Gasteiger partial charge < -0.3 is 14.7 Å². The summed E-state index contributed by atoms with van der Waals surface area (Å²) in [7, 11) is -2.48. The van der Waals surface area contributed by atoms with E-state index in [4.69, 9.17) is 30.0 Å². The summed E-state index contributed by atoms with van der Waals surface area (Å²) in [5.74, 6) is 0.